The zero-order valence-electron chi connectivity index (χ0n) is 26.4. The summed E-state index contributed by atoms with van der Waals surface area (Å²) in [6.45, 7) is 10.7. The Morgan fingerprint density at radius 3 is 2.67 bits per heavy atom. The maximum absolute atomic E-state index is 12.8. The number of imidazole rings is 1. The molecule has 0 amide bonds. The summed E-state index contributed by atoms with van der Waals surface area (Å²) in [6, 6.07) is 20.6. The third-order valence-corrected chi connectivity index (χ3v) is 8.87. The molecule has 2 aliphatic heterocycles. The van der Waals surface area contributed by atoms with Crippen molar-refractivity contribution in [2.24, 2.45) is 0 Å². The quantitative estimate of drug-likeness (QED) is 0.181. The van der Waals surface area contributed by atoms with Crippen LogP contribution in [0.25, 0.3) is 21.9 Å². The molecule has 2 saturated heterocycles. The number of fused-ring (bicyclic) bond motifs is 2. The minimum Gasteiger partial charge on any atom is -0.456 e. The van der Waals surface area contributed by atoms with Crippen molar-refractivity contribution in [3.63, 3.8) is 0 Å². The molecule has 0 saturated carbocycles. The Bertz CT molecular complexity index is 1810. The number of hydrogen-bond acceptors (Lipinski definition) is 7. The molecule has 5 heterocycles. The lowest BCUT2D eigenvalue weighted by atomic mass is 9.93. The number of aromatic nitrogens is 4. The number of likely N-dealkylation sites (tertiary alicyclic amines) is 1. The van der Waals surface area contributed by atoms with E-state index in [0.717, 1.165) is 92.5 Å². The van der Waals surface area contributed by atoms with Gasteiger partial charge in [0.1, 0.15) is 17.2 Å². The van der Waals surface area contributed by atoms with Crippen molar-refractivity contribution in [2.45, 2.75) is 77.3 Å². The Labute approximate surface area is 264 Å². The van der Waals surface area contributed by atoms with Crippen LogP contribution in [0.15, 0.2) is 66.9 Å². The molecule has 0 bridgehead atoms. The zero-order valence-corrected chi connectivity index (χ0v) is 26.4. The standard InChI is InChI=1S/C36H42N6O3/c1-36(2,3)45-35(43)27-8-10-31-32(20-27)42(22-28-14-18-44-28)34(40-31)23-41-16-12-25(13-17-41)30-5-4-6-33(39-30)38-21-24-7-9-29-26(19-24)11-15-37-29/h4-11,15,19-20,25,28,37H,12-14,16-18,21-23H2,1-3H3,(H,38,39). The van der Waals surface area contributed by atoms with Gasteiger partial charge in [-0.25, -0.2) is 14.8 Å². The molecule has 1 unspecified atom stereocenters. The lowest BCUT2D eigenvalue weighted by molar-refractivity contribution is -0.0592. The Balaban J connectivity index is 1.01. The number of nitrogens with one attached hydrogen (secondary N) is 2. The molecule has 0 radical (unpaired) electrons. The van der Waals surface area contributed by atoms with Crippen LogP contribution in [0.4, 0.5) is 5.82 Å². The number of nitrogens with zero attached hydrogens (tertiary/aromatic N) is 4. The summed E-state index contributed by atoms with van der Waals surface area (Å²) in [6.07, 6.45) is 5.30. The number of esters is 1. The van der Waals surface area contributed by atoms with Crippen molar-refractivity contribution in [2.75, 3.05) is 25.0 Å². The highest BCUT2D eigenvalue weighted by atomic mass is 16.6. The molecule has 2 aliphatic rings. The second kappa shape index (κ2) is 12.3. The number of hydrogen-bond donors (Lipinski definition) is 2. The average Bonchev–Trinajstić information content (AvgIpc) is 3.61. The number of piperidine rings is 1. The Kier molecular flexibility index (Phi) is 8.06. The summed E-state index contributed by atoms with van der Waals surface area (Å²) in [4.78, 5) is 28.6. The maximum Gasteiger partial charge on any atom is 0.338 e. The van der Waals surface area contributed by atoms with Gasteiger partial charge in [-0.1, -0.05) is 12.1 Å². The van der Waals surface area contributed by atoms with E-state index >= 15 is 0 Å². The molecule has 2 aromatic carbocycles. The molecule has 9 nitrogen and oxygen atoms in total. The number of H-pyrrole nitrogens is 1. The number of ether oxygens (including phenoxy) is 2. The van der Waals surface area contributed by atoms with Crippen LogP contribution in [0.3, 0.4) is 0 Å². The smallest absolute Gasteiger partial charge is 0.338 e. The van der Waals surface area contributed by atoms with Gasteiger partial charge in [0.05, 0.1) is 35.8 Å². The molecule has 2 fully saturated rings. The molecule has 9 heteroatoms. The van der Waals surface area contributed by atoms with Crippen molar-refractivity contribution >= 4 is 33.7 Å². The highest BCUT2D eigenvalue weighted by Crippen LogP contribution is 2.30. The van der Waals surface area contributed by atoms with Crippen LogP contribution in [0.1, 0.15) is 73.4 Å². The second-order valence-corrected chi connectivity index (χ2v) is 13.4. The van der Waals surface area contributed by atoms with Gasteiger partial charge in [0, 0.05) is 36.5 Å². The fraction of sp³-hybridized carbons (Fsp3) is 0.417. The largest absolute Gasteiger partial charge is 0.456 e. The predicted molar refractivity (Wildman–Crippen MR) is 176 cm³/mol. The lowest BCUT2D eigenvalue weighted by Gasteiger charge is -2.32. The molecule has 2 N–H and O–H groups in total. The van der Waals surface area contributed by atoms with Crippen molar-refractivity contribution in [3.05, 3.63) is 89.5 Å². The summed E-state index contributed by atoms with van der Waals surface area (Å²) < 4.78 is 13.7. The van der Waals surface area contributed by atoms with E-state index in [0.29, 0.717) is 11.5 Å². The zero-order chi connectivity index (χ0) is 31.0. The Hall–Kier alpha value is -4.21. The number of anilines is 1. The minimum absolute atomic E-state index is 0.181. The first-order chi connectivity index (χ1) is 21.8. The SMILES string of the molecule is CC(C)(C)OC(=O)c1ccc2nc(CN3CCC(c4cccc(NCc5ccc6[nH]ccc6c5)n4)CC3)n(CC3CCO3)c2c1. The number of carbonyl (C=O) groups is 1. The highest BCUT2D eigenvalue weighted by Gasteiger charge is 2.27. The number of aromatic amines is 1. The molecule has 7 rings (SSSR count). The normalized spacial score (nSPS) is 17.9. The maximum atomic E-state index is 12.8. The third-order valence-electron chi connectivity index (χ3n) is 8.87. The summed E-state index contributed by atoms with van der Waals surface area (Å²) in [5, 5.41) is 4.75. The molecular weight excluding hydrogens is 564 g/mol. The monoisotopic (exact) mass is 606 g/mol. The van der Waals surface area contributed by atoms with Gasteiger partial charge in [-0.2, -0.15) is 0 Å². The van der Waals surface area contributed by atoms with Crippen molar-refractivity contribution in [1.82, 2.24) is 24.4 Å². The number of benzene rings is 2. The van der Waals surface area contributed by atoms with E-state index in [2.05, 4.69) is 62.2 Å². The highest BCUT2D eigenvalue weighted by molar-refractivity contribution is 5.94. The van der Waals surface area contributed by atoms with Crippen LogP contribution in [-0.4, -0.2) is 61.8 Å². The van der Waals surface area contributed by atoms with Gasteiger partial charge in [-0.15, -0.1) is 0 Å². The van der Waals surface area contributed by atoms with Gasteiger partial charge in [0.25, 0.3) is 0 Å². The van der Waals surface area contributed by atoms with E-state index in [1.165, 1.54) is 10.9 Å². The van der Waals surface area contributed by atoms with Crippen LogP contribution in [0.2, 0.25) is 0 Å². The molecule has 0 spiro atoms. The summed E-state index contributed by atoms with van der Waals surface area (Å²) in [7, 11) is 0. The molecule has 45 heavy (non-hydrogen) atoms. The Morgan fingerprint density at radius 2 is 1.89 bits per heavy atom. The van der Waals surface area contributed by atoms with E-state index in [9.17, 15) is 4.79 Å². The minimum atomic E-state index is -0.547. The second-order valence-electron chi connectivity index (χ2n) is 13.4. The number of pyridine rings is 1. The van der Waals surface area contributed by atoms with Crippen LogP contribution >= 0.6 is 0 Å². The molecule has 5 aromatic rings. The number of rotatable bonds is 9. The van der Waals surface area contributed by atoms with Gasteiger partial charge < -0.3 is 24.3 Å². The molecule has 3 aromatic heterocycles. The van der Waals surface area contributed by atoms with Gasteiger partial charge >= 0.3 is 5.97 Å². The molecule has 234 valence electrons. The number of carbonyl (C=O) groups excluding carboxylic acids is 1. The van der Waals surface area contributed by atoms with Gasteiger partial charge in [0.15, 0.2) is 0 Å². The third kappa shape index (κ3) is 6.74. The summed E-state index contributed by atoms with van der Waals surface area (Å²) >= 11 is 0. The van der Waals surface area contributed by atoms with Gasteiger partial charge in [0.2, 0.25) is 0 Å². The Morgan fingerprint density at radius 1 is 1.04 bits per heavy atom. The molecule has 0 aliphatic carbocycles. The first kappa shape index (κ1) is 29.5. The summed E-state index contributed by atoms with van der Waals surface area (Å²) in [5.74, 6) is 2.05. The van der Waals surface area contributed by atoms with Crippen molar-refractivity contribution in [3.8, 4) is 0 Å². The molecule has 1 atom stereocenters. The van der Waals surface area contributed by atoms with Crippen molar-refractivity contribution < 1.29 is 14.3 Å². The average molecular weight is 607 g/mol. The van der Waals surface area contributed by atoms with E-state index in [1.54, 1.807) is 0 Å². The van der Waals surface area contributed by atoms with E-state index in [1.807, 2.05) is 45.2 Å². The summed E-state index contributed by atoms with van der Waals surface area (Å²) in [5.41, 5.74) is 5.40. The van der Waals surface area contributed by atoms with Crippen LogP contribution < -0.4 is 5.32 Å². The predicted octanol–water partition coefficient (Wildman–Crippen LogP) is 6.65. The van der Waals surface area contributed by atoms with E-state index in [4.69, 9.17) is 19.4 Å². The topological polar surface area (TPSA) is 97.3 Å². The first-order valence-corrected chi connectivity index (χ1v) is 16.1. The van der Waals surface area contributed by atoms with Crippen molar-refractivity contribution in [1.29, 1.82) is 0 Å². The van der Waals surface area contributed by atoms with E-state index in [-0.39, 0.29) is 12.1 Å². The van der Waals surface area contributed by atoms with Crippen LogP contribution in [0, 0.1) is 0 Å². The van der Waals surface area contributed by atoms with Gasteiger partial charge in [-0.05, 0) is 113 Å². The molecular formula is C36H42N6O3. The van der Waals surface area contributed by atoms with E-state index < -0.39 is 5.60 Å². The van der Waals surface area contributed by atoms with Crippen LogP contribution in [0.5, 0.6) is 0 Å². The first-order valence-electron chi connectivity index (χ1n) is 16.1. The fourth-order valence-corrected chi connectivity index (χ4v) is 6.36. The van der Waals surface area contributed by atoms with Gasteiger partial charge in [-0.3, -0.25) is 4.90 Å². The van der Waals surface area contributed by atoms with Crippen LogP contribution in [-0.2, 0) is 29.1 Å². The fourth-order valence-electron chi connectivity index (χ4n) is 6.36. The lowest BCUT2D eigenvalue weighted by Crippen LogP contribution is -2.35.